The molecule has 0 saturated heterocycles. The van der Waals surface area contributed by atoms with Gasteiger partial charge in [0.1, 0.15) is 5.75 Å². The number of hydrogen-bond donors (Lipinski definition) is 0. The van der Waals surface area contributed by atoms with Crippen LogP contribution in [0.4, 0.5) is 4.79 Å². The molecule has 1 rings (SSSR count). The van der Waals surface area contributed by atoms with Crippen molar-refractivity contribution in [2.75, 3.05) is 6.61 Å². The zero-order valence-corrected chi connectivity index (χ0v) is 10.7. The minimum absolute atomic E-state index is 0.416. The first kappa shape index (κ1) is 13.6. The van der Waals surface area contributed by atoms with E-state index in [1.165, 1.54) is 5.56 Å². The third kappa shape index (κ3) is 4.89. The van der Waals surface area contributed by atoms with Gasteiger partial charge in [-0.05, 0) is 30.0 Å². The lowest BCUT2D eigenvalue weighted by Gasteiger charge is -2.07. The van der Waals surface area contributed by atoms with Crippen molar-refractivity contribution in [1.29, 1.82) is 0 Å². The Morgan fingerprint density at radius 2 is 1.88 bits per heavy atom. The van der Waals surface area contributed by atoms with Gasteiger partial charge in [0.05, 0.1) is 6.61 Å². The molecular weight excluding hydrogens is 216 g/mol. The maximum absolute atomic E-state index is 11.3. The molecule has 0 unspecified atom stereocenters. The van der Waals surface area contributed by atoms with Crippen LogP contribution >= 0.6 is 0 Å². The lowest BCUT2D eigenvalue weighted by Crippen LogP contribution is -2.11. The number of unbranched alkanes of at least 4 members (excludes halogenated alkanes) is 1. The number of rotatable bonds is 5. The van der Waals surface area contributed by atoms with Crippen LogP contribution in [0.5, 0.6) is 5.75 Å². The summed E-state index contributed by atoms with van der Waals surface area (Å²) in [5, 5.41) is 0. The SMILES string of the molecule is CCCCOC(=O)Oc1ccc(C(C)C)cc1. The molecule has 0 N–H and O–H groups in total. The predicted octanol–water partition coefficient (Wildman–Crippen LogP) is 4.13. The molecule has 0 heterocycles. The third-order valence-electron chi connectivity index (χ3n) is 2.47. The fraction of sp³-hybridized carbons (Fsp3) is 0.500. The molecule has 0 spiro atoms. The highest BCUT2D eigenvalue weighted by atomic mass is 16.7. The molecule has 0 aliphatic carbocycles. The van der Waals surface area contributed by atoms with Gasteiger partial charge in [0.15, 0.2) is 0 Å². The topological polar surface area (TPSA) is 35.5 Å². The first-order valence-corrected chi connectivity index (χ1v) is 6.08. The Bertz CT molecular complexity index is 341. The molecule has 3 nitrogen and oxygen atoms in total. The zero-order valence-electron chi connectivity index (χ0n) is 10.7. The van der Waals surface area contributed by atoms with E-state index in [2.05, 4.69) is 13.8 Å². The second-order valence-electron chi connectivity index (χ2n) is 4.28. The molecule has 0 bridgehead atoms. The molecule has 3 heteroatoms. The van der Waals surface area contributed by atoms with Crippen molar-refractivity contribution < 1.29 is 14.3 Å². The summed E-state index contributed by atoms with van der Waals surface area (Å²) in [4.78, 5) is 11.3. The Labute approximate surface area is 103 Å². The van der Waals surface area contributed by atoms with E-state index in [0.29, 0.717) is 18.3 Å². The number of hydrogen-bond acceptors (Lipinski definition) is 3. The smallest absolute Gasteiger partial charge is 0.434 e. The van der Waals surface area contributed by atoms with Crippen LogP contribution in [0.2, 0.25) is 0 Å². The van der Waals surface area contributed by atoms with Crippen molar-refractivity contribution in [1.82, 2.24) is 0 Å². The van der Waals surface area contributed by atoms with Crippen molar-refractivity contribution in [3.05, 3.63) is 29.8 Å². The van der Waals surface area contributed by atoms with Crippen LogP contribution in [-0.2, 0) is 4.74 Å². The van der Waals surface area contributed by atoms with E-state index in [1.54, 1.807) is 12.1 Å². The van der Waals surface area contributed by atoms with Gasteiger partial charge in [0.25, 0.3) is 0 Å². The highest BCUT2D eigenvalue weighted by Crippen LogP contribution is 2.18. The van der Waals surface area contributed by atoms with Crippen LogP contribution < -0.4 is 4.74 Å². The standard InChI is InChI=1S/C14H20O3/c1-4-5-10-16-14(15)17-13-8-6-12(7-9-13)11(2)3/h6-9,11H,4-5,10H2,1-3H3. The molecular formula is C14H20O3. The van der Waals surface area contributed by atoms with Crippen molar-refractivity contribution in [3.8, 4) is 5.75 Å². The van der Waals surface area contributed by atoms with Gasteiger partial charge in [-0.2, -0.15) is 0 Å². The maximum Gasteiger partial charge on any atom is 0.513 e. The van der Waals surface area contributed by atoms with E-state index in [0.717, 1.165) is 12.8 Å². The number of carbonyl (C=O) groups is 1. The van der Waals surface area contributed by atoms with Gasteiger partial charge >= 0.3 is 6.16 Å². The number of ether oxygens (including phenoxy) is 2. The summed E-state index contributed by atoms with van der Waals surface area (Å²) in [6, 6.07) is 7.49. The molecule has 0 saturated carbocycles. The lowest BCUT2D eigenvalue weighted by molar-refractivity contribution is 0.0978. The van der Waals surface area contributed by atoms with Gasteiger partial charge in [-0.3, -0.25) is 0 Å². The van der Waals surface area contributed by atoms with Crippen LogP contribution in [0, 0.1) is 0 Å². The summed E-state index contributed by atoms with van der Waals surface area (Å²) >= 11 is 0. The fourth-order valence-electron chi connectivity index (χ4n) is 1.35. The summed E-state index contributed by atoms with van der Waals surface area (Å²) in [7, 11) is 0. The van der Waals surface area contributed by atoms with Gasteiger partial charge in [-0.15, -0.1) is 0 Å². The van der Waals surface area contributed by atoms with Crippen molar-refractivity contribution in [2.24, 2.45) is 0 Å². The molecule has 1 aromatic carbocycles. The Morgan fingerprint density at radius 1 is 1.24 bits per heavy atom. The van der Waals surface area contributed by atoms with Crippen LogP contribution in [0.25, 0.3) is 0 Å². The van der Waals surface area contributed by atoms with E-state index < -0.39 is 6.16 Å². The Balaban J connectivity index is 2.43. The average molecular weight is 236 g/mol. The zero-order chi connectivity index (χ0) is 12.7. The van der Waals surface area contributed by atoms with Gasteiger partial charge in [0.2, 0.25) is 0 Å². The Morgan fingerprint density at radius 3 is 2.41 bits per heavy atom. The molecule has 0 atom stereocenters. The molecule has 0 aliphatic rings. The predicted molar refractivity (Wildman–Crippen MR) is 67.4 cm³/mol. The van der Waals surface area contributed by atoms with Gasteiger partial charge in [-0.1, -0.05) is 39.3 Å². The number of benzene rings is 1. The molecule has 0 aliphatic heterocycles. The molecule has 0 fully saturated rings. The minimum Gasteiger partial charge on any atom is -0.434 e. The van der Waals surface area contributed by atoms with Crippen LogP contribution in [0.15, 0.2) is 24.3 Å². The second-order valence-corrected chi connectivity index (χ2v) is 4.28. The molecule has 0 amide bonds. The van der Waals surface area contributed by atoms with Gasteiger partial charge < -0.3 is 9.47 Å². The van der Waals surface area contributed by atoms with Crippen molar-refractivity contribution >= 4 is 6.16 Å². The van der Waals surface area contributed by atoms with Crippen LogP contribution in [0.3, 0.4) is 0 Å². The normalized spacial score (nSPS) is 10.4. The molecule has 0 aromatic heterocycles. The highest BCUT2D eigenvalue weighted by molar-refractivity contribution is 5.63. The van der Waals surface area contributed by atoms with E-state index in [4.69, 9.17) is 9.47 Å². The fourth-order valence-corrected chi connectivity index (χ4v) is 1.35. The lowest BCUT2D eigenvalue weighted by atomic mass is 10.0. The first-order chi connectivity index (χ1) is 8.13. The summed E-state index contributed by atoms with van der Waals surface area (Å²) in [6.45, 7) is 6.70. The van der Waals surface area contributed by atoms with Crippen molar-refractivity contribution in [3.63, 3.8) is 0 Å². The van der Waals surface area contributed by atoms with E-state index in [-0.39, 0.29) is 0 Å². The van der Waals surface area contributed by atoms with Crippen molar-refractivity contribution in [2.45, 2.75) is 39.5 Å². The minimum atomic E-state index is -0.629. The third-order valence-corrected chi connectivity index (χ3v) is 2.47. The summed E-state index contributed by atoms with van der Waals surface area (Å²) in [5.74, 6) is 0.997. The van der Waals surface area contributed by atoms with Gasteiger partial charge in [-0.25, -0.2) is 4.79 Å². The van der Waals surface area contributed by atoms with E-state index in [9.17, 15) is 4.79 Å². The molecule has 0 radical (unpaired) electrons. The molecule has 1 aromatic rings. The Kier molecular flexibility index (Phi) is 5.53. The van der Waals surface area contributed by atoms with Crippen LogP contribution in [0.1, 0.15) is 45.1 Å². The monoisotopic (exact) mass is 236 g/mol. The van der Waals surface area contributed by atoms with E-state index in [1.807, 2.05) is 19.1 Å². The highest BCUT2D eigenvalue weighted by Gasteiger charge is 2.06. The average Bonchev–Trinajstić information content (AvgIpc) is 2.30. The Hall–Kier alpha value is -1.51. The largest absolute Gasteiger partial charge is 0.513 e. The summed E-state index contributed by atoms with van der Waals surface area (Å²) in [5.41, 5.74) is 1.22. The number of carbonyl (C=O) groups excluding carboxylic acids is 1. The second kappa shape index (κ2) is 6.94. The summed E-state index contributed by atoms with van der Waals surface area (Å²) in [6.07, 6.45) is 1.23. The first-order valence-electron chi connectivity index (χ1n) is 6.08. The quantitative estimate of drug-likeness (QED) is 0.438. The molecule has 94 valence electrons. The maximum atomic E-state index is 11.3. The van der Waals surface area contributed by atoms with Gasteiger partial charge in [0, 0.05) is 0 Å². The molecule has 17 heavy (non-hydrogen) atoms. The van der Waals surface area contributed by atoms with E-state index >= 15 is 0 Å². The van der Waals surface area contributed by atoms with Crippen LogP contribution in [-0.4, -0.2) is 12.8 Å². The summed E-state index contributed by atoms with van der Waals surface area (Å²) < 4.78 is 9.94.